The Hall–Kier alpha value is -1.84. The Labute approximate surface area is 180 Å². The number of hydrogen-bond donors (Lipinski definition) is 1. The smallest absolute Gasteiger partial charge is 0.444 e. The number of benzene rings is 1. The van der Waals surface area contributed by atoms with Crippen molar-refractivity contribution in [2.45, 2.75) is 70.2 Å². The highest BCUT2D eigenvalue weighted by Gasteiger charge is 2.52. The van der Waals surface area contributed by atoms with Gasteiger partial charge in [-0.2, -0.15) is 0 Å². The van der Waals surface area contributed by atoms with Crippen LogP contribution in [0, 0.1) is 0 Å². The summed E-state index contributed by atoms with van der Waals surface area (Å²) in [6.07, 6.45) is 2.45. The first-order chi connectivity index (χ1) is 13.5. The zero-order chi connectivity index (χ0) is 23.0. The van der Waals surface area contributed by atoms with Gasteiger partial charge in [-0.1, -0.05) is 18.2 Å². The Morgan fingerprint density at radius 1 is 1.10 bits per heavy atom. The average Bonchev–Trinajstić information content (AvgIpc) is 2.77. The monoisotopic (exact) mass is 437 g/mol. The molecule has 30 heavy (non-hydrogen) atoms. The SMILES string of the molecule is CC(C)(C)OC(=O)NCC(=Cc1ccc(S(C)(=O)=O)cc1)B1OC(C)(C)C(C)(C)O1. The van der Waals surface area contributed by atoms with E-state index in [1.54, 1.807) is 45.0 Å². The summed E-state index contributed by atoms with van der Waals surface area (Å²) in [6, 6.07) is 6.50. The van der Waals surface area contributed by atoms with Crippen LogP contribution >= 0.6 is 0 Å². The molecule has 1 saturated heterocycles. The Bertz CT molecular complexity index is 898. The van der Waals surface area contributed by atoms with Crippen molar-refractivity contribution >= 4 is 29.1 Å². The summed E-state index contributed by atoms with van der Waals surface area (Å²) in [5.74, 6) is 0. The molecule has 0 bridgehead atoms. The molecule has 0 atom stereocenters. The molecule has 1 aromatic carbocycles. The molecule has 1 N–H and O–H groups in total. The maximum Gasteiger partial charge on any atom is 0.492 e. The van der Waals surface area contributed by atoms with Crippen molar-refractivity contribution < 1.29 is 27.3 Å². The maximum absolute atomic E-state index is 12.1. The fourth-order valence-corrected chi connectivity index (χ4v) is 3.34. The van der Waals surface area contributed by atoms with Crippen molar-refractivity contribution in [3.63, 3.8) is 0 Å². The molecule has 0 spiro atoms. The Kier molecular flexibility index (Phi) is 6.81. The Morgan fingerprint density at radius 2 is 1.60 bits per heavy atom. The van der Waals surface area contributed by atoms with Crippen LogP contribution in [0.2, 0.25) is 0 Å². The lowest BCUT2D eigenvalue weighted by Crippen LogP contribution is -2.41. The lowest BCUT2D eigenvalue weighted by molar-refractivity contribution is 0.00578. The molecule has 1 fully saturated rings. The third-order valence-corrected chi connectivity index (χ3v) is 6.18. The predicted molar refractivity (Wildman–Crippen MR) is 118 cm³/mol. The van der Waals surface area contributed by atoms with Crippen LogP contribution < -0.4 is 5.32 Å². The number of rotatable bonds is 5. The van der Waals surface area contributed by atoms with E-state index in [0.29, 0.717) is 5.47 Å². The molecular formula is C21H32BNO6S. The molecule has 1 aliphatic heterocycles. The number of alkyl carbamates (subject to hydrolysis) is 1. The topological polar surface area (TPSA) is 90.9 Å². The van der Waals surface area contributed by atoms with Gasteiger partial charge in [0.1, 0.15) is 5.60 Å². The summed E-state index contributed by atoms with van der Waals surface area (Å²) in [4.78, 5) is 12.4. The molecule has 0 saturated carbocycles. The third kappa shape index (κ3) is 6.33. The molecule has 1 amide bonds. The minimum Gasteiger partial charge on any atom is -0.444 e. The molecule has 166 valence electrons. The second-order valence-corrected chi connectivity index (χ2v) is 11.5. The van der Waals surface area contributed by atoms with Crippen LogP contribution in [0.5, 0.6) is 0 Å². The molecule has 7 nitrogen and oxygen atoms in total. The van der Waals surface area contributed by atoms with Crippen LogP contribution in [0.4, 0.5) is 4.79 Å². The summed E-state index contributed by atoms with van der Waals surface area (Å²) in [5, 5.41) is 2.74. The van der Waals surface area contributed by atoms with Crippen molar-refractivity contribution in [2.24, 2.45) is 0 Å². The lowest BCUT2D eigenvalue weighted by atomic mass is 9.77. The highest BCUT2D eigenvalue weighted by atomic mass is 32.2. The number of nitrogens with one attached hydrogen (secondary N) is 1. The van der Waals surface area contributed by atoms with Gasteiger partial charge in [-0.15, -0.1) is 0 Å². The van der Waals surface area contributed by atoms with Crippen molar-refractivity contribution in [3.8, 4) is 0 Å². The highest BCUT2D eigenvalue weighted by Crippen LogP contribution is 2.38. The number of amides is 1. The Balaban J connectivity index is 2.29. The van der Waals surface area contributed by atoms with Gasteiger partial charge in [-0.05, 0) is 71.6 Å². The highest BCUT2D eigenvalue weighted by molar-refractivity contribution is 7.90. The van der Waals surface area contributed by atoms with E-state index in [1.165, 1.54) is 6.26 Å². The molecule has 2 rings (SSSR count). The van der Waals surface area contributed by atoms with Crippen molar-refractivity contribution in [1.82, 2.24) is 5.32 Å². The van der Waals surface area contributed by atoms with Crippen molar-refractivity contribution in [3.05, 3.63) is 35.3 Å². The fraction of sp³-hybridized carbons (Fsp3) is 0.571. The first kappa shape index (κ1) is 24.4. The van der Waals surface area contributed by atoms with Gasteiger partial charge in [-0.25, -0.2) is 13.2 Å². The van der Waals surface area contributed by atoms with E-state index in [1.807, 2.05) is 33.8 Å². The number of carbonyl (C=O) groups is 1. The van der Waals surface area contributed by atoms with E-state index >= 15 is 0 Å². The number of sulfone groups is 1. The van der Waals surface area contributed by atoms with E-state index in [4.69, 9.17) is 14.0 Å². The second kappa shape index (κ2) is 8.36. The minimum atomic E-state index is -3.28. The summed E-state index contributed by atoms with van der Waals surface area (Å²) in [6.45, 7) is 13.3. The molecule has 1 heterocycles. The fourth-order valence-electron chi connectivity index (χ4n) is 2.71. The van der Waals surface area contributed by atoms with E-state index in [9.17, 15) is 13.2 Å². The normalized spacial score (nSPS) is 18.9. The van der Waals surface area contributed by atoms with E-state index in [2.05, 4.69) is 5.32 Å². The molecule has 9 heteroatoms. The molecule has 0 aliphatic carbocycles. The summed E-state index contributed by atoms with van der Waals surface area (Å²) in [5.41, 5.74) is -0.240. The predicted octanol–water partition coefficient (Wildman–Crippen LogP) is 3.63. The second-order valence-electron chi connectivity index (χ2n) is 9.50. The van der Waals surface area contributed by atoms with Gasteiger partial charge in [-0.3, -0.25) is 0 Å². The van der Waals surface area contributed by atoms with E-state index in [-0.39, 0.29) is 11.4 Å². The molecule has 1 aliphatic rings. The van der Waals surface area contributed by atoms with Crippen LogP contribution in [0.25, 0.3) is 6.08 Å². The van der Waals surface area contributed by atoms with Gasteiger partial charge in [0.25, 0.3) is 0 Å². The van der Waals surface area contributed by atoms with Crippen LogP contribution in [0.3, 0.4) is 0 Å². The third-order valence-electron chi connectivity index (χ3n) is 5.05. The lowest BCUT2D eigenvalue weighted by Gasteiger charge is -2.32. The summed E-state index contributed by atoms with van der Waals surface area (Å²) < 4.78 is 41.0. The molecule has 0 aromatic heterocycles. The summed E-state index contributed by atoms with van der Waals surface area (Å²) in [7, 11) is -3.94. The standard InChI is InChI=1S/C21H32BNO6S/c1-19(2,3)27-18(24)23-14-16(22-28-20(4,5)21(6,7)29-22)13-15-9-11-17(12-10-15)30(8,25)26/h9-13H,14H2,1-8H3,(H,23,24). The van der Waals surface area contributed by atoms with E-state index in [0.717, 1.165) is 5.56 Å². The van der Waals surface area contributed by atoms with Crippen molar-refractivity contribution in [2.75, 3.05) is 12.8 Å². The van der Waals surface area contributed by atoms with Crippen LogP contribution in [-0.4, -0.2) is 51.2 Å². The molecule has 0 unspecified atom stereocenters. The van der Waals surface area contributed by atoms with Crippen LogP contribution in [-0.2, 0) is 23.9 Å². The van der Waals surface area contributed by atoms with Crippen LogP contribution in [0.1, 0.15) is 54.0 Å². The molecule has 1 aromatic rings. The largest absolute Gasteiger partial charge is 0.492 e. The van der Waals surface area contributed by atoms with E-state index < -0.39 is 39.9 Å². The van der Waals surface area contributed by atoms with Gasteiger partial charge >= 0.3 is 13.2 Å². The first-order valence-corrected chi connectivity index (χ1v) is 11.7. The Morgan fingerprint density at radius 3 is 2.03 bits per heavy atom. The number of ether oxygens (including phenoxy) is 1. The number of carbonyl (C=O) groups excluding carboxylic acids is 1. The minimum absolute atomic E-state index is 0.152. The zero-order valence-corrected chi connectivity index (χ0v) is 19.8. The van der Waals surface area contributed by atoms with Gasteiger partial charge < -0.3 is 19.4 Å². The van der Waals surface area contributed by atoms with Gasteiger partial charge in [0, 0.05) is 12.8 Å². The zero-order valence-electron chi connectivity index (χ0n) is 19.0. The van der Waals surface area contributed by atoms with Crippen LogP contribution in [0.15, 0.2) is 34.6 Å². The van der Waals surface area contributed by atoms with Gasteiger partial charge in [0.05, 0.1) is 16.1 Å². The van der Waals surface area contributed by atoms with Gasteiger partial charge in [0.15, 0.2) is 9.84 Å². The summed E-state index contributed by atoms with van der Waals surface area (Å²) >= 11 is 0. The van der Waals surface area contributed by atoms with Crippen molar-refractivity contribution in [1.29, 1.82) is 0 Å². The number of hydrogen-bond acceptors (Lipinski definition) is 6. The molecular weight excluding hydrogens is 405 g/mol. The quantitative estimate of drug-likeness (QED) is 0.708. The van der Waals surface area contributed by atoms with Gasteiger partial charge in [0.2, 0.25) is 0 Å². The molecule has 0 radical (unpaired) electrons. The average molecular weight is 437 g/mol. The first-order valence-electron chi connectivity index (χ1n) is 9.83. The maximum atomic E-state index is 12.1.